The number of nitrogens with zero attached hydrogens (tertiary/aromatic N) is 1. The fraction of sp³-hybridized carbons (Fsp3) is 0.214. The topological polar surface area (TPSA) is 24.9 Å². The number of hydrogen-bond donors (Lipinski definition) is 1. The third-order valence-electron chi connectivity index (χ3n) is 2.78. The number of nitrogens with one attached hydrogen (secondary N) is 1. The zero-order valence-electron chi connectivity index (χ0n) is 10.0. The Balaban J connectivity index is 1.97. The summed E-state index contributed by atoms with van der Waals surface area (Å²) in [4.78, 5) is 4.08. The minimum atomic E-state index is -0.233. The number of aromatic nitrogens is 1. The first kappa shape index (κ1) is 13.2. The molecule has 2 nitrogen and oxygen atoms in total. The summed E-state index contributed by atoms with van der Waals surface area (Å²) in [5.41, 5.74) is 2.04. The van der Waals surface area contributed by atoms with Crippen LogP contribution in [-0.2, 0) is 6.54 Å². The van der Waals surface area contributed by atoms with Crippen molar-refractivity contribution in [1.29, 1.82) is 0 Å². The van der Waals surface area contributed by atoms with Crippen LogP contribution in [0.2, 0.25) is 0 Å². The van der Waals surface area contributed by atoms with Crippen LogP contribution < -0.4 is 5.32 Å². The number of pyridine rings is 1. The van der Waals surface area contributed by atoms with E-state index >= 15 is 0 Å². The van der Waals surface area contributed by atoms with E-state index in [1.165, 1.54) is 6.07 Å². The summed E-state index contributed by atoms with van der Waals surface area (Å²) in [6.45, 7) is 2.69. The van der Waals surface area contributed by atoms with Gasteiger partial charge in [-0.3, -0.25) is 4.98 Å². The summed E-state index contributed by atoms with van der Waals surface area (Å²) in [7, 11) is 0. The monoisotopic (exact) mass is 308 g/mol. The molecule has 4 heteroatoms. The fourth-order valence-corrected chi connectivity index (χ4v) is 1.92. The van der Waals surface area contributed by atoms with E-state index in [4.69, 9.17) is 0 Å². The predicted octanol–water partition coefficient (Wildman–Crippen LogP) is 3.83. The van der Waals surface area contributed by atoms with Crippen LogP contribution in [0, 0.1) is 5.82 Å². The SMILES string of the molecule is CC(NCc1ccc(Br)c(F)c1)c1cccnc1. The van der Waals surface area contributed by atoms with Gasteiger partial charge in [-0.2, -0.15) is 0 Å². The highest BCUT2D eigenvalue weighted by Gasteiger charge is 2.05. The highest BCUT2D eigenvalue weighted by molar-refractivity contribution is 9.10. The zero-order chi connectivity index (χ0) is 13.0. The van der Waals surface area contributed by atoms with Crippen LogP contribution in [0.5, 0.6) is 0 Å². The molecule has 2 aromatic rings. The lowest BCUT2D eigenvalue weighted by Crippen LogP contribution is -2.18. The Morgan fingerprint density at radius 2 is 2.22 bits per heavy atom. The van der Waals surface area contributed by atoms with Gasteiger partial charge in [-0.1, -0.05) is 12.1 Å². The van der Waals surface area contributed by atoms with Crippen LogP contribution >= 0.6 is 15.9 Å². The number of hydrogen-bond acceptors (Lipinski definition) is 2. The van der Waals surface area contributed by atoms with Crippen molar-refractivity contribution in [1.82, 2.24) is 10.3 Å². The molecule has 0 bridgehead atoms. The molecule has 1 atom stereocenters. The molecule has 0 saturated heterocycles. The van der Waals surface area contributed by atoms with Gasteiger partial charge < -0.3 is 5.32 Å². The van der Waals surface area contributed by atoms with Crippen LogP contribution in [0.15, 0.2) is 47.2 Å². The van der Waals surface area contributed by atoms with Crippen molar-refractivity contribution in [2.75, 3.05) is 0 Å². The second kappa shape index (κ2) is 6.07. The maximum atomic E-state index is 13.3. The molecule has 2 rings (SSSR count). The molecule has 0 fully saturated rings. The van der Waals surface area contributed by atoms with E-state index in [0.29, 0.717) is 11.0 Å². The van der Waals surface area contributed by atoms with E-state index in [1.54, 1.807) is 12.3 Å². The van der Waals surface area contributed by atoms with Crippen LogP contribution in [0.1, 0.15) is 24.1 Å². The Morgan fingerprint density at radius 1 is 1.39 bits per heavy atom. The van der Waals surface area contributed by atoms with E-state index in [-0.39, 0.29) is 11.9 Å². The van der Waals surface area contributed by atoms with Gasteiger partial charge in [0.2, 0.25) is 0 Å². The minimum absolute atomic E-state index is 0.186. The van der Waals surface area contributed by atoms with Gasteiger partial charge in [0, 0.05) is 25.0 Å². The summed E-state index contributed by atoms with van der Waals surface area (Å²) in [5, 5.41) is 3.34. The van der Waals surface area contributed by atoms with Crippen molar-refractivity contribution >= 4 is 15.9 Å². The largest absolute Gasteiger partial charge is 0.306 e. The summed E-state index contributed by atoms with van der Waals surface area (Å²) >= 11 is 3.14. The summed E-state index contributed by atoms with van der Waals surface area (Å²) < 4.78 is 13.8. The van der Waals surface area contributed by atoms with E-state index in [0.717, 1.165) is 11.1 Å². The fourth-order valence-electron chi connectivity index (χ4n) is 1.67. The molecule has 0 spiro atoms. The Morgan fingerprint density at radius 3 is 2.89 bits per heavy atom. The molecule has 0 radical (unpaired) electrons. The van der Waals surface area contributed by atoms with E-state index < -0.39 is 0 Å². The molecular weight excluding hydrogens is 295 g/mol. The molecule has 0 amide bonds. The maximum Gasteiger partial charge on any atom is 0.137 e. The number of rotatable bonds is 4. The third kappa shape index (κ3) is 3.37. The van der Waals surface area contributed by atoms with Gasteiger partial charge >= 0.3 is 0 Å². The normalized spacial score (nSPS) is 12.4. The van der Waals surface area contributed by atoms with E-state index in [2.05, 4.69) is 33.2 Å². The van der Waals surface area contributed by atoms with Crippen molar-refractivity contribution in [3.05, 3.63) is 64.1 Å². The minimum Gasteiger partial charge on any atom is -0.306 e. The van der Waals surface area contributed by atoms with Crippen molar-refractivity contribution in [3.8, 4) is 0 Å². The Labute approximate surface area is 114 Å². The molecule has 0 saturated carbocycles. The van der Waals surface area contributed by atoms with Gasteiger partial charge in [0.1, 0.15) is 5.82 Å². The molecule has 1 aromatic heterocycles. The predicted molar refractivity (Wildman–Crippen MR) is 73.6 cm³/mol. The average molecular weight is 309 g/mol. The molecule has 0 aliphatic carbocycles. The van der Waals surface area contributed by atoms with Crippen LogP contribution in [-0.4, -0.2) is 4.98 Å². The van der Waals surface area contributed by atoms with E-state index in [9.17, 15) is 4.39 Å². The summed E-state index contributed by atoms with van der Waals surface area (Å²) in [5.74, 6) is -0.233. The number of halogens is 2. The van der Waals surface area contributed by atoms with Gasteiger partial charge in [0.05, 0.1) is 4.47 Å². The molecule has 94 valence electrons. The van der Waals surface area contributed by atoms with Crippen LogP contribution in [0.4, 0.5) is 4.39 Å². The Hall–Kier alpha value is -1.26. The zero-order valence-corrected chi connectivity index (χ0v) is 11.6. The lowest BCUT2D eigenvalue weighted by molar-refractivity contribution is 0.567. The van der Waals surface area contributed by atoms with Gasteiger partial charge in [0.15, 0.2) is 0 Å². The highest BCUT2D eigenvalue weighted by atomic mass is 79.9. The molecule has 1 aromatic carbocycles. The van der Waals surface area contributed by atoms with Crippen molar-refractivity contribution in [2.24, 2.45) is 0 Å². The molecule has 1 N–H and O–H groups in total. The van der Waals surface area contributed by atoms with Gasteiger partial charge in [-0.05, 0) is 52.2 Å². The standard InChI is InChI=1S/C14H14BrFN2/c1-10(12-3-2-6-17-9-12)18-8-11-4-5-13(15)14(16)7-11/h2-7,9-10,18H,8H2,1H3. The van der Waals surface area contributed by atoms with Gasteiger partial charge in [-0.25, -0.2) is 4.39 Å². The summed E-state index contributed by atoms with van der Waals surface area (Å²) in [6.07, 6.45) is 3.58. The lowest BCUT2D eigenvalue weighted by Gasteiger charge is -2.13. The molecule has 18 heavy (non-hydrogen) atoms. The first-order chi connectivity index (χ1) is 8.66. The molecule has 1 heterocycles. The third-order valence-corrected chi connectivity index (χ3v) is 3.42. The van der Waals surface area contributed by atoms with Gasteiger partial charge in [-0.15, -0.1) is 0 Å². The average Bonchev–Trinajstić information content (AvgIpc) is 2.41. The quantitative estimate of drug-likeness (QED) is 0.928. The molecule has 0 aliphatic heterocycles. The summed E-state index contributed by atoms with van der Waals surface area (Å²) in [6, 6.07) is 9.27. The first-order valence-corrected chi connectivity index (χ1v) is 6.53. The van der Waals surface area contributed by atoms with Crippen molar-refractivity contribution in [3.63, 3.8) is 0 Å². The highest BCUT2D eigenvalue weighted by Crippen LogP contribution is 2.17. The van der Waals surface area contributed by atoms with Crippen molar-refractivity contribution < 1.29 is 4.39 Å². The lowest BCUT2D eigenvalue weighted by atomic mass is 10.1. The smallest absolute Gasteiger partial charge is 0.137 e. The van der Waals surface area contributed by atoms with Gasteiger partial charge in [0.25, 0.3) is 0 Å². The Bertz CT molecular complexity index is 516. The second-order valence-electron chi connectivity index (χ2n) is 4.14. The maximum absolute atomic E-state index is 13.3. The molecule has 1 unspecified atom stereocenters. The van der Waals surface area contributed by atoms with Crippen LogP contribution in [0.25, 0.3) is 0 Å². The Kier molecular flexibility index (Phi) is 4.44. The van der Waals surface area contributed by atoms with E-state index in [1.807, 2.05) is 24.4 Å². The van der Waals surface area contributed by atoms with Crippen molar-refractivity contribution in [2.45, 2.75) is 19.5 Å². The second-order valence-corrected chi connectivity index (χ2v) is 4.99. The molecular formula is C14H14BrFN2. The van der Waals surface area contributed by atoms with Crippen LogP contribution in [0.3, 0.4) is 0 Å². The molecule has 0 aliphatic rings. The first-order valence-electron chi connectivity index (χ1n) is 5.74. The number of benzene rings is 1.